The van der Waals surface area contributed by atoms with Crippen LogP contribution in [0.5, 0.6) is 0 Å². The van der Waals surface area contributed by atoms with Crippen LogP contribution in [0.25, 0.3) is 0 Å². The minimum Gasteiger partial charge on any atom is -0.463 e. The summed E-state index contributed by atoms with van der Waals surface area (Å²) < 4.78 is 55.5. The molecule has 2 fully saturated rings. The lowest BCUT2D eigenvalue weighted by atomic mass is 9.96. The van der Waals surface area contributed by atoms with Crippen molar-refractivity contribution in [2.45, 2.75) is 117 Å². The predicted molar refractivity (Wildman–Crippen MR) is 177 cm³/mol. The number of hydrogen-bond donors (Lipinski definition) is 1. The van der Waals surface area contributed by atoms with Gasteiger partial charge in [0.15, 0.2) is 49.1 Å². The Morgan fingerprint density at radius 2 is 0.875 bits per heavy atom. The van der Waals surface area contributed by atoms with Crippen LogP contribution in [-0.4, -0.2) is 131 Å². The van der Waals surface area contributed by atoms with E-state index < -0.39 is 139 Å². The third-order valence-electron chi connectivity index (χ3n) is 7.70. The summed E-state index contributed by atoms with van der Waals surface area (Å²) in [4.78, 5) is 127. The van der Waals surface area contributed by atoms with Gasteiger partial charge in [-0.1, -0.05) is 0 Å². The van der Waals surface area contributed by atoms with Crippen molar-refractivity contribution in [2.24, 2.45) is 0 Å². The SMILES string of the molecule is CNc1nn([C@@H]2O[C@H](COC(C)=O)[C@H](OC(C)=O)[C@H](OC(C)=O)[C@@H]2OC(C)=O)c(=O)n([C@@H]2O[C@H](COC(C)=O)[C@H](OC(C)=O)[C@@H](OC(C)=O)[C@H]2OC(C)=O)c1=O. The Morgan fingerprint density at radius 1 is 0.536 bits per heavy atom. The third kappa shape index (κ3) is 11.1. The van der Waals surface area contributed by atoms with Gasteiger partial charge in [-0.15, -0.1) is 5.10 Å². The summed E-state index contributed by atoms with van der Waals surface area (Å²) in [5.41, 5.74) is -2.74. The molecule has 0 unspecified atom stereocenters. The Hall–Kier alpha value is -5.91. The summed E-state index contributed by atoms with van der Waals surface area (Å²) in [5, 5.41) is 6.52. The number of nitrogens with one attached hydrogen (secondary N) is 1. The minimum absolute atomic E-state index is 0.335. The molecule has 0 radical (unpaired) electrons. The van der Waals surface area contributed by atoms with Gasteiger partial charge in [-0.3, -0.25) is 43.2 Å². The first-order valence-electron chi connectivity index (χ1n) is 16.7. The number of rotatable bonds is 13. The average molecular weight is 803 g/mol. The molecule has 56 heavy (non-hydrogen) atoms. The van der Waals surface area contributed by atoms with E-state index in [0.717, 1.165) is 55.4 Å². The fraction of sp³-hybridized carbons (Fsp3) is 0.656. The molecular formula is C32H42N4O20. The maximum absolute atomic E-state index is 14.7. The number of carbonyl (C=O) groups is 8. The summed E-state index contributed by atoms with van der Waals surface area (Å²) in [7, 11) is 1.21. The normalized spacial score (nSPS) is 27.0. The van der Waals surface area contributed by atoms with Crippen molar-refractivity contribution < 1.29 is 85.7 Å². The van der Waals surface area contributed by atoms with E-state index in [4.69, 9.17) is 47.4 Å². The summed E-state index contributed by atoms with van der Waals surface area (Å²) in [5.74, 6) is -8.30. The predicted octanol–water partition coefficient (Wildman–Crippen LogP) is -2.04. The number of anilines is 1. The molecule has 0 saturated carbocycles. The van der Waals surface area contributed by atoms with E-state index in [2.05, 4.69) is 10.4 Å². The van der Waals surface area contributed by atoms with E-state index in [1.807, 2.05) is 0 Å². The summed E-state index contributed by atoms with van der Waals surface area (Å²) >= 11 is 0. The topological polar surface area (TPSA) is 298 Å². The number of hydrogen-bond acceptors (Lipinski definition) is 22. The molecule has 0 aliphatic carbocycles. The fourth-order valence-electron chi connectivity index (χ4n) is 5.87. The van der Waals surface area contributed by atoms with Gasteiger partial charge in [-0.25, -0.2) is 9.36 Å². The molecule has 24 heteroatoms. The van der Waals surface area contributed by atoms with Crippen molar-refractivity contribution in [1.29, 1.82) is 0 Å². The van der Waals surface area contributed by atoms with Crippen molar-refractivity contribution in [2.75, 3.05) is 25.6 Å². The molecule has 2 aliphatic heterocycles. The Kier molecular flexibility index (Phi) is 15.2. The quantitative estimate of drug-likeness (QED) is 0.166. The van der Waals surface area contributed by atoms with E-state index in [1.165, 1.54) is 7.05 Å². The molecule has 1 aromatic rings. The Bertz CT molecular complexity index is 1820. The van der Waals surface area contributed by atoms with Crippen LogP contribution in [0.1, 0.15) is 67.8 Å². The van der Waals surface area contributed by atoms with Crippen molar-refractivity contribution >= 4 is 53.6 Å². The maximum atomic E-state index is 14.7. The van der Waals surface area contributed by atoms with Crippen LogP contribution >= 0.6 is 0 Å². The minimum atomic E-state index is -2.11. The van der Waals surface area contributed by atoms with Crippen LogP contribution in [-0.2, 0) is 85.7 Å². The van der Waals surface area contributed by atoms with E-state index in [-0.39, 0.29) is 0 Å². The van der Waals surface area contributed by atoms with Crippen LogP contribution in [0.3, 0.4) is 0 Å². The second kappa shape index (κ2) is 19.1. The first kappa shape index (κ1) is 44.5. The van der Waals surface area contributed by atoms with Crippen LogP contribution in [0.2, 0.25) is 0 Å². The summed E-state index contributed by atoms with van der Waals surface area (Å²) in [6.45, 7) is 6.44. The van der Waals surface area contributed by atoms with E-state index in [1.54, 1.807) is 0 Å². The van der Waals surface area contributed by atoms with Crippen molar-refractivity contribution in [1.82, 2.24) is 14.3 Å². The van der Waals surface area contributed by atoms with Gasteiger partial charge in [0.1, 0.15) is 25.4 Å². The van der Waals surface area contributed by atoms with Gasteiger partial charge in [0.2, 0.25) is 5.82 Å². The lowest BCUT2D eigenvalue weighted by Crippen LogP contribution is -2.65. The summed E-state index contributed by atoms with van der Waals surface area (Å²) in [6.07, 6.45) is -18.1. The van der Waals surface area contributed by atoms with E-state index >= 15 is 0 Å². The van der Waals surface area contributed by atoms with Crippen molar-refractivity contribution in [3.8, 4) is 0 Å². The van der Waals surface area contributed by atoms with Crippen molar-refractivity contribution in [3.63, 3.8) is 0 Å². The van der Waals surface area contributed by atoms with Crippen molar-refractivity contribution in [3.05, 3.63) is 20.8 Å². The van der Waals surface area contributed by atoms with Crippen LogP contribution in [0.15, 0.2) is 9.59 Å². The highest BCUT2D eigenvalue weighted by molar-refractivity contribution is 5.70. The second-order valence-corrected chi connectivity index (χ2v) is 12.2. The lowest BCUT2D eigenvalue weighted by molar-refractivity contribution is -0.275. The largest absolute Gasteiger partial charge is 0.463 e. The molecule has 1 N–H and O–H groups in total. The highest BCUT2D eigenvalue weighted by Crippen LogP contribution is 2.36. The summed E-state index contributed by atoms with van der Waals surface area (Å²) in [6, 6.07) is 0. The Morgan fingerprint density at radius 3 is 1.23 bits per heavy atom. The first-order valence-corrected chi connectivity index (χ1v) is 16.7. The number of ether oxygens (including phenoxy) is 10. The number of esters is 8. The molecule has 2 saturated heterocycles. The average Bonchev–Trinajstić information content (AvgIpc) is 3.06. The molecule has 3 heterocycles. The molecule has 2 aliphatic rings. The number of nitrogens with zero attached hydrogens (tertiary/aromatic N) is 3. The second-order valence-electron chi connectivity index (χ2n) is 12.2. The number of carbonyl (C=O) groups excluding carboxylic acids is 8. The highest BCUT2D eigenvalue weighted by Gasteiger charge is 2.56. The molecule has 0 amide bonds. The monoisotopic (exact) mass is 802 g/mol. The van der Waals surface area contributed by atoms with E-state index in [0.29, 0.717) is 9.25 Å². The molecule has 3 rings (SSSR count). The molecule has 0 aromatic carbocycles. The van der Waals surface area contributed by atoms with Crippen LogP contribution in [0, 0.1) is 0 Å². The van der Waals surface area contributed by atoms with E-state index in [9.17, 15) is 47.9 Å². The van der Waals surface area contributed by atoms with Gasteiger partial charge in [-0.05, 0) is 0 Å². The van der Waals surface area contributed by atoms with Crippen LogP contribution < -0.4 is 16.6 Å². The molecule has 310 valence electrons. The molecule has 0 spiro atoms. The van der Waals surface area contributed by atoms with Gasteiger partial charge in [0.05, 0.1) is 0 Å². The van der Waals surface area contributed by atoms with Gasteiger partial charge >= 0.3 is 59.0 Å². The van der Waals surface area contributed by atoms with Gasteiger partial charge < -0.3 is 52.7 Å². The fourth-order valence-corrected chi connectivity index (χ4v) is 5.87. The molecule has 1 aromatic heterocycles. The maximum Gasteiger partial charge on any atom is 0.352 e. The zero-order valence-corrected chi connectivity index (χ0v) is 31.7. The first-order chi connectivity index (χ1) is 26.2. The molecular weight excluding hydrogens is 760 g/mol. The Labute approximate surface area is 316 Å². The highest BCUT2D eigenvalue weighted by atomic mass is 16.7. The molecule has 24 nitrogen and oxygen atoms in total. The third-order valence-corrected chi connectivity index (χ3v) is 7.70. The zero-order valence-electron chi connectivity index (χ0n) is 31.7. The van der Waals surface area contributed by atoms with Gasteiger partial charge in [-0.2, -0.15) is 4.68 Å². The smallest absolute Gasteiger partial charge is 0.352 e. The zero-order chi connectivity index (χ0) is 42.2. The van der Waals surface area contributed by atoms with Crippen LogP contribution in [0.4, 0.5) is 5.82 Å². The Balaban J connectivity index is 2.42. The standard InChI is InChI=1S/C32H42N4O20/c1-12(37)47-10-20-22(49-14(3)39)24(51-16(5)41)26(53-18(7)43)30(55-20)35-29(45)28(33-9)34-36(32(35)46)31-27(54-19(8)44)25(52-17(6)42)23(50-15(4)40)21(56-31)11-48-13(2)38/h20-27,30-31H,10-11H2,1-9H3,(H,33,34)/t20-,21-,22+,23+,24-,25+,26-,27+,30-,31-/m1/s1. The molecule has 0 bridgehead atoms. The van der Waals surface area contributed by atoms with Gasteiger partial charge in [0, 0.05) is 62.4 Å². The molecule has 10 atom stereocenters. The lowest BCUT2D eigenvalue weighted by Gasteiger charge is -2.45. The number of aromatic nitrogens is 3. The van der Waals surface area contributed by atoms with Gasteiger partial charge in [0.25, 0.3) is 0 Å².